The minimum absolute atomic E-state index is 0. The van der Waals surface area contributed by atoms with Crippen LogP contribution >= 0.6 is 24.0 Å². The maximum absolute atomic E-state index is 5.56. The van der Waals surface area contributed by atoms with Crippen LogP contribution in [0.1, 0.15) is 59.3 Å². The number of aliphatic imine (C=N–C) groups is 1. The molecule has 142 valence electrons. The number of guanidine groups is 1. The zero-order chi connectivity index (χ0) is 16.5. The Morgan fingerprint density at radius 1 is 1.17 bits per heavy atom. The number of hydrogen-bond donors (Lipinski definition) is 2. The maximum Gasteiger partial charge on any atom is 0.191 e. The summed E-state index contributed by atoms with van der Waals surface area (Å²) >= 11 is 0. The largest absolute Gasteiger partial charge is 0.379 e. The van der Waals surface area contributed by atoms with Gasteiger partial charge in [0.1, 0.15) is 0 Å². The van der Waals surface area contributed by atoms with Gasteiger partial charge >= 0.3 is 0 Å². The van der Waals surface area contributed by atoms with Crippen LogP contribution in [0.3, 0.4) is 0 Å². The van der Waals surface area contributed by atoms with Crippen molar-refractivity contribution in [2.45, 2.75) is 70.9 Å². The van der Waals surface area contributed by atoms with Crippen LogP contribution in [-0.4, -0.2) is 61.8 Å². The number of nitrogens with one attached hydrogen (secondary N) is 2. The van der Waals surface area contributed by atoms with Gasteiger partial charge in [0.15, 0.2) is 5.96 Å². The quantitative estimate of drug-likeness (QED) is 0.370. The molecule has 24 heavy (non-hydrogen) atoms. The molecule has 1 heterocycles. The molecular weight excluding hydrogens is 415 g/mol. The molecule has 2 rings (SSSR count). The van der Waals surface area contributed by atoms with E-state index in [2.05, 4.69) is 36.3 Å². The number of hydrogen-bond acceptors (Lipinski definition) is 3. The molecule has 0 aromatic heterocycles. The molecule has 1 saturated heterocycles. The summed E-state index contributed by atoms with van der Waals surface area (Å²) in [5, 5.41) is 6.93. The molecule has 0 bridgehead atoms. The fourth-order valence-corrected chi connectivity index (χ4v) is 3.70. The van der Waals surface area contributed by atoms with E-state index in [0.29, 0.717) is 6.04 Å². The van der Waals surface area contributed by atoms with Crippen LogP contribution < -0.4 is 10.6 Å². The van der Waals surface area contributed by atoms with E-state index in [9.17, 15) is 0 Å². The van der Waals surface area contributed by atoms with Gasteiger partial charge in [0.05, 0.1) is 19.8 Å². The minimum atomic E-state index is 0. The Kier molecular flexibility index (Phi) is 10.5. The first kappa shape index (κ1) is 22.0. The van der Waals surface area contributed by atoms with E-state index in [-0.39, 0.29) is 29.5 Å². The fourth-order valence-electron chi connectivity index (χ4n) is 3.70. The predicted octanol–water partition coefficient (Wildman–Crippen LogP) is 2.99. The highest BCUT2D eigenvalue weighted by Crippen LogP contribution is 2.34. The van der Waals surface area contributed by atoms with Crippen molar-refractivity contribution in [3.05, 3.63) is 0 Å². The molecule has 0 radical (unpaired) electrons. The monoisotopic (exact) mass is 452 g/mol. The molecule has 0 amide bonds. The Balaban J connectivity index is 0.00000288. The predicted molar refractivity (Wildman–Crippen MR) is 112 cm³/mol. The smallest absolute Gasteiger partial charge is 0.191 e. The summed E-state index contributed by atoms with van der Waals surface area (Å²) in [5.74, 6) is 0.972. The fraction of sp³-hybridized carbons (Fsp3) is 0.944. The first-order chi connectivity index (χ1) is 11.2. The van der Waals surface area contributed by atoms with Gasteiger partial charge in [0.25, 0.3) is 0 Å². The molecule has 5 nitrogen and oxygen atoms in total. The lowest BCUT2D eigenvalue weighted by Gasteiger charge is -2.47. The molecule has 1 saturated carbocycles. The average molecular weight is 452 g/mol. The van der Waals surface area contributed by atoms with Crippen LogP contribution in [0.15, 0.2) is 4.99 Å². The third-order valence-corrected chi connectivity index (χ3v) is 5.34. The van der Waals surface area contributed by atoms with Gasteiger partial charge in [-0.2, -0.15) is 0 Å². The first-order valence-corrected chi connectivity index (χ1v) is 9.58. The maximum atomic E-state index is 5.56. The average Bonchev–Trinajstić information content (AvgIpc) is 2.61. The summed E-state index contributed by atoms with van der Waals surface area (Å²) in [6.45, 7) is 12.2. The molecule has 1 atom stereocenters. The molecule has 6 heteroatoms. The Morgan fingerprint density at radius 2 is 1.83 bits per heavy atom. The van der Waals surface area contributed by atoms with Gasteiger partial charge in [0, 0.05) is 31.2 Å². The summed E-state index contributed by atoms with van der Waals surface area (Å²) in [4.78, 5) is 7.64. The highest BCUT2D eigenvalue weighted by Gasteiger charge is 2.38. The van der Waals surface area contributed by atoms with Crippen LogP contribution in [0.25, 0.3) is 0 Å². The van der Waals surface area contributed by atoms with Crippen LogP contribution in [-0.2, 0) is 4.74 Å². The number of halogens is 1. The van der Waals surface area contributed by atoms with Gasteiger partial charge in [0.2, 0.25) is 0 Å². The second-order valence-electron chi connectivity index (χ2n) is 7.03. The van der Waals surface area contributed by atoms with Gasteiger partial charge in [-0.25, -0.2) is 0 Å². The van der Waals surface area contributed by atoms with Crippen molar-refractivity contribution in [1.29, 1.82) is 0 Å². The summed E-state index contributed by atoms with van der Waals surface area (Å²) in [6, 6.07) is 0.457. The van der Waals surface area contributed by atoms with Crippen molar-refractivity contribution in [2.75, 3.05) is 39.4 Å². The van der Waals surface area contributed by atoms with E-state index >= 15 is 0 Å². The SMILES string of the molecule is CCNC(=NCC1(N2CCOCC2)CCCCC1)NC(C)CC.I. The molecule has 2 aliphatic rings. The van der Waals surface area contributed by atoms with E-state index < -0.39 is 0 Å². The van der Waals surface area contributed by atoms with Gasteiger partial charge in [-0.15, -0.1) is 24.0 Å². The second-order valence-corrected chi connectivity index (χ2v) is 7.03. The van der Waals surface area contributed by atoms with Crippen LogP contribution in [0.4, 0.5) is 0 Å². The van der Waals surface area contributed by atoms with Crippen LogP contribution in [0, 0.1) is 0 Å². The number of rotatable bonds is 6. The Bertz CT molecular complexity index is 366. The van der Waals surface area contributed by atoms with Gasteiger partial charge in [-0.05, 0) is 33.1 Å². The van der Waals surface area contributed by atoms with E-state index in [1.165, 1.54) is 32.1 Å². The topological polar surface area (TPSA) is 48.9 Å². The van der Waals surface area contributed by atoms with E-state index in [0.717, 1.165) is 51.8 Å². The van der Waals surface area contributed by atoms with E-state index in [4.69, 9.17) is 9.73 Å². The van der Waals surface area contributed by atoms with Crippen molar-refractivity contribution in [2.24, 2.45) is 4.99 Å². The molecule has 0 aromatic carbocycles. The summed E-state index contributed by atoms with van der Waals surface area (Å²) in [5.41, 5.74) is 0.250. The standard InChI is InChI=1S/C18H36N4O.HI/c1-4-16(3)21-17(19-5-2)20-15-18(9-7-6-8-10-18)22-11-13-23-14-12-22;/h16H,4-15H2,1-3H3,(H2,19,20,21);1H. The Hall–Kier alpha value is -0.0800. The summed E-state index contributed by atoms with van der Waals surface area (Å²) < 4.78 is 5.56. The van der Waals surface area contributed by atoms with Crippen molar-refractivity contribution >= 4 is 29.9 Å². The molecule has 2 N–H and O–H groups in total. The minimum Gasteiger partial charge on any atom is -0.379 e. The highest BCUT2D eigenvalue weighted by molar-refractivity contribution is 14.0. The molecule has 0 aromatic rings. The highest BCUT2D eigenvalue weighted by atomic mass is 127. The molecule has 1 aliphatic carbocycles. The van der Waals surface area contributed by atoms with Gasteiger partial charge in [-0.3, -0.25) is 9.89 Å². The van der Waals surface area contributed by atoms with E-state index in [1.807, 2.05) is 0 Å². The van der Waals surface area contributed by atoms with Crippen molar-refractivity contribution in [1.82, 2.24) is 15.5 Å². The normalized spacial score (nSPS) is 23.2. The number of morpholine rings is 1. The number of nitrogens with zero attached hydrogens (tertiary/aromatic N) is 2. The summed E-state index contributed by atoms with van der Waals surface area (Å²) in [7, 11) is 0. The molecular formula is C18H37IN4O. The Morgan fingerprint density at radius 3 is 2.42 bits per heavy atom. The second kappa shape index (κ2) is 11.5. The molecule has 1 unspecified atom stereocenters. The zero-order valence-electron chi connectivity index (χ0n) is 15.8. The number of ether oxygens (including phenoxy) is 1. The first-order valence-electron chi connectivity index (χ1n) is 9.58. The van der Waals surface area contributed by atoms with Gasteiger partial charge < -0.3 is 15.4 Å². The van der Waals surface area contributed by atoms with Crippen LogP contribution in [0.2, 0.25) is 0 Å². The summed E-state index contributed by atoms with van der Waals surface area (Å²) in [6.07, 6.45) is 7.71. The third kappa shape index (κ3) is 6.33. The van der Waals surface area contributed by atoms with Crippen molar-refractivity contribution < 1.29 is 4.74 Å². The van der Waals surface area contributed by atoms with Crippen molar-refractivity contribution in [3.63, 3.8) is 0 Å². The third-order valence-electron chi connectivity index (χ3n) is 5.34. The Labute approximate surface area is 165 Å². The van der Waals surface area contributed by atoms with E-state index in [1.54, 1.807) is 0 Å². The molecule has 0 spiro atoms. The molecule has 1 aliphatic heterocycles. The zero-order valence-corrected chi connectivity index (χ0v) is 18.1. The lowest BCUT2D eigenvalue weighted by molar-refractivity contribution is -0.0333. The van der Waals surface area contributed by atoms with Gasteiger partial charge in [-0.1, -0.05) is 26.2 Å². The molecule has 2 fully saturated rings. The van der Waals surface area contributed by atoms with Crippen LogP contribution in [0.5, 0.6) is 0 Å². The van der Waals surface area contributed by atoms with Crippen molar-refractivity contribution in [3.8, 4) is 0 Å². The lowest BCUT2D eigenvalue weighted by atomic mass is 9.80. The lowest BCUT2D eigenvalue weighted by Crippen LogP contribution is -2.56.